The quantitative estimate of drug-likeness (QED) is 0.327. The molecule has 12 nitrogen and oxygen atoms in total. The number of hydrogen-bond acceptors (Lipinski definition) is 12. The molecule has 0 unspecified atom stereocenters. The summed E-state index contributed by atoms with van der Waals surface area (Å²) >= 11 is 0. The van der Waals surface area contributed by atoms with Crippen molar-refractivity contribution in [2.45, 2.75) is 95.6 Å². The van der Waals surface area contributed by atoms with Gasteiger partial charge in [-0.15, -0.1) is 0 Å². The van der Waals surface area contributed by atoms with Crippen molar-refractivity contribution in [1.82, 2.24) is 0 Å². The lowest BCUT2D eigenvalue weighted by atomic mass is 9.46. The van der Waals surface area contributed by atoms with Crippen molar-refractivity contribution in [1.29, 1.82) is 0 Å². The third-order valence-electron chi connectivity index (χ3n) is 9.68. The fourth-order valence-electron chi connectivity index (χ4n) is 8.01. The SMILES string of the molecule is CC(=O)OC[C@@]12[C@@H](OC(C)=O)CC[C@](C)(O)[C@]13OC(C)(C)[C@H]([C@@H](OC(=O)c1ccccc1)[C@H]2OC(=O)c1ccccc1)[C@H]3OC(C)=O. The molecule has 2 aromatic rings. The predicted octanol–water partition coefficient (Wildman–Crippen LogP) is 3.57. The molecule has 0 aromatic heterocycles. The van der Waals surface area contributed by atoms with Gasteiger partial charge in [-0.05, 0) is 57.9 Å². The van der Waals surface area contributed by atoms with Crippen LogP contribution in [-0.2, 0) is 42.8 Å². The van der Waals surface area contributed by atoms with E-state index < -0.39 is 89.0 Å². The van der Waals surface area contributed by atoms with Crippen molar-refractivity contribution in [3.63, 3.8) is 0 Å². The topological polar surface area (TPSA) is 161 Å². The van der Waals surface area contributed by atoms with E-state index in [9.17, 15) is 29.1 Å². The third-order valence-corrected chi connectivity index (χ3v) is 9.68. The molecular formula is C35H40O12. The van der Waals surface area contributed by atoms with Crippen molar-refractivity contribution >= 4 is 29.8 Å². The van der Waals surface area contributed by atoms with Crippen LogP contribution in [0.2, 0.25) is 0 Å². The van der Waals surface area contributed by atoms with E-state index in [1.165, 1.54) is 32.9 Å². The van der Waals surface area contributed by atoms with Crippen LogP contribution in [0.15, 0.2) is 60.7 Å². The lowest BCUT2D eigenvalue weighted by Gasteiger charge is -2.65. The summed E-state index contributed by atoms with van der Waals surface area (Å²) in [6.45, 7) is 7.74. The Morgan fingerprint density at radius 1 is 0.745 bits per heavy atom. The van der Waals surface area contributed by atoms with Crippen LogP contribution in [0.3, 0.4) is 0 Å². The van der Waals surface area contributed by atoms with Gasteiger partial charge in [0, 0.05) is 20.8 Å². The normalized spacial score (nSPS) is 33.5. The first-order chi connectivity index (χ1) is 22.1. The number of esters is 5. The van der Waals surface area contributed by atoms with Gasteiger partial charge in [-0.1, -0.05) is 36.4 Å². The van der Waals surface area contributed by atoms with E-state index in [4.69, 9.17) is 28.4 Å². The van der Waals surface area contributed by atoms with Crippen molar-refractivity contribution < 1.29 is 57.5 Å². The molecule has 1 aliphatic heterocycles. The number of fused-ring (bicyclic) bond motifs is 1. The van der Waals surface area contributed by atoms with Crippen LogP contribution in [0.4, 0.5) is 0 Å². The first kappa shape index (κ1) is 34.1. The number of aliphatic hydroxyl groups is 1. The highest BCUT2D eigenvalue weighted by molar-refractivity contribution is 5.90. The van der Waals surface area contributed by atoms with Gasteiger partial charge >= 0.3 is 29.8 Å². The van der Waals surface area contributed by atoms with Crippen LogP contribution in [0.1, 0.15) is 75.1 Å². The van der Waals surface area contributed by atoms with Gasteiger partial charge in [0.2, 0.25) is 0 Å². The lowest BCUT2D eigenvalue weighted by Crippen LogP contribution is -2.83. The standard InChI is InChI=1S/C35H40O12/c1-20(36)42-19-34-25(43-21(2)37)17-18-33(6,41)35(34)28(44-22(3)38)26(32(4,5)47-35)27(45-30(39)23-13-9-7-10-14-23)29(34)46-31(40)24-15-11-8-12-16-24/h7-16,25-29,41H,17-19H2,1-6H3/t25-,26+,27+,28+,29+,33-,34-,35-/m0/s1. The average molecular weight is 653 g/mol. The van der Waals surface area contributed by atoms with Gasteiger partial charge in [-0.2, -0.15) is 0 Å². The van der Waals surface area contributed by atoms with Crippen LogP contribution < -0.4 is 0 Å². The molecule has 0 amide bonds. The lowest BCUT2D eigenvalue weighted by molar-refractivity contribution is -0.348. The number of carbonyl (C=O) groups excluding carboxylic acids is 5. The maximum atomic E-state index is 13.9. The largest absolute Gasteiger partial charge is 0.465 e. The van der Waals surface area contributed by atoms with Crippen molar-refractivity contribution in [3.05, 3.63) is 71.8 Å². The molecule has 2 saturated carbocycles. The number of ether oxygens (including phenoxy) is 6. The number of rotatable bonds is 8. The van der Waals surface area contributed by atoms with E-state index in [2.05, 4.69) is 0 Å². The second kappa shape index (κ2) is 12.4. The molecule has 3 aliphatic rings. The van der Waals surface area contributed by atoms with Gasteiger partial charge < -0.3 is 33.5 Å². The summed E-state index contributed by atoms with van der Waals surface area (Å²) < 4.78 is 37.1. The smallest absolute Gasteiger partial charge is 0.338 e. The highest BCUT2D eigenvalue weighted by Crippen LogP contribution is 2.69. The molecule has 47 heavy (non-hydrogen) atoms. The van der Waals surface area contributed by atoms with Crippen LogP contribution in [0.25, 0.3) is 0 Å². The van der Waals surface area contributed by atoms with E-state index in [1.54, 1.807) is 62.4 Å². The Labute approximate surface area is 272 Å². The molecule has 12 heteroatoms. The molecule has 2 bridgehead atoms. The van der Waals surface area contributed by atoms with Gasteiger partial charge in [0.1, 0.15) is 30.3 Å². The van der Waals surface area contributed by atoms with Gasteiger partial charge in [0.15, 0.2) is 11.7 Å². The molecule has 1 heterocycles. The minimum absolute atomic E-state index is 0.00438. The summed E-state index contributed by atoms with van der Waals surface area (Å²) in [5.74, 6) is -4.86. The first-order valence-corrected chi connectivity index (χ1v) is 15.5. The van der Waals surface area contributed by atoms with Crippen LogP contribution >= 0.6 is 0 Å². The Morgan fingerprint density at radius 2 is 1.28 bits per heavy atom. The van der Waals surface area contributed by atoms with Gasteiger partial charge in [0.25, 0.3) is 0 Å². The van der Waals surface area contributed by atoms with Crippen LogP contribution in [0.5, 0.6) is 0 Å². The second-order valence-electron chi connectivity index (χ2n) is 13.2. The zero-order valence-corrected chi connectivity index (χ0v) is 27.2. The fraction of sp³-hybridized carbons (Fsp3) is 0.514. The zero-order chi connectivity index (χ0) is 34.4. The Kier molecular flexibility index (Phi) is 8.97. The summed E-state index contributed by atoms with van der Waals surface area (Å²) in [5.41, 5.74) is -6.87. The number of hydrogen-bond donors (Lipinski definition) is 1. The second-order valence-corrected chi connectivity index (χ2v) is 13.2. The zero-order valence-electron chi connectivity index (χ0n) is 27.2. The fourth-order valence-corrected chi connectivity index (χ4v) is 8.01. The summed E-state index contributed by atoms with van der Waals surface area (Å²) in [6.07, 6.45) is -5.64. The van der Waals surface area contributed by atoms with Crippen LogP contribution in [-0.4, -0.2) is 82.8 Å². The van der Waals surface area contributed by atoms with E-state index in [1.807, 2.05) is 0 Å². The van der Waals surface area contributed by atoms with Crippen molar-refractivity contribution in [3.8, 4) is 0 Å². The molecule has 2 aliphatic carbocycles. The molecule has 8 atom stereocenters. The molecule has 1 spiro atoms. The molecule has 2 aromatic carbocycles. The van der Waals surface area contributed by atoms with Gasteiger partial charge in [-0.3, -0.25) is 14.4 Å². The van der Waals surface area contributed by atoms with E-state index >= 15 is 0 Å². The Hall–Kier alpha value is -4.29. The molecule has 252 valence electrons. The van der Waals surface area contributed by atoms with E-state index in [0.717, 1.165) is 6.92 Å². The first-order valence-electron chi connectivity index (χ1n) is 15.5. The number of benzene rings is 2. The molecule has 1 saturated heterocycles. The number of carbonyl (C=O) groups is 5. The Bertz CT molecular complexity index is 1540. The van der Waals surface area contributed by atoms with Crippen molar-refractivity contribution in [2.24, 2.45) is 11.3 Å². The summed E-state index contributed by atoms with van der Waals surface area (Å²) in [7, 11) is 0. The average Bonchev–Trinajstić information content (AvgIpc) is 3.20. The predicted molar refractivity (Wildman–Crippen MR) is 163 cm³/mol. The van der Waals surface area contributed by atoms with E-state index in [-0.39, 0.29) is 24.0 Å². The summed E-state index contributed by atoms with van der Waals surface area (Å²) in [4.78, 5) is 65.8. The van der Waals surface area contributed by atoms with Crippen molar-refractivity contribution in [2.75, 3.05) is 6.61 Å². The van der Waals surface area contributed by atoms with Gasteiger partial charge in [0.05, 0.1) is 28.2 Å². The van der Waals surface area contributed by atoms with Gasteiger partial charge in [-0.25, -0.2) is 9.59 Å². The van der Waals surface area contributed by atoms with Crippen LogP contribution in [0, 0.1) is 11.3 Å². The Morgan fingerprint density at radius 3 is 1.79 bits per heavy atom. The maximum Gasteiger partial charge on any atom is 0.338 e. The summed E-state index contributed by atoms with van der Waals surface area (Å²) in [6, 6.07) is 16.2. The molecular weight excluding hydrogens is 612 g/mol. The highest BCUT2D eigenvalue weighted by Gasteiger charge is 2.87. The molecule has 5 rings (SSSR count). The third kappa shape index (κ3) is 5.67. The summed E-state index contributed by atoms with van der Waals surface area (Å²) in [5, 5.41) is 12.4. The van der Waals surface area contributed by atoms with E-state index in [0.29, 0.717) is 0 Å². The highest BCUT2D eigenvalue weighted by atomic mass is 16.6. The monoisotopic (exact) mass is 652 g/mol. The molecule has 1 N–H and O–H groups in total. The minimum Gasteiger partial charge on any atom is -0.465 e. The minimum atomic E-state index is -2.02. The maximum absolute atomic E-state index is 13.9. The molecule has 0 radical (unpaired) electrons. The molecule has 3 fully saturated rings. The Balaban J connectivity index is 1.84.